The summed E-state index contributed by atoms with van der Waals surface area (Å²) in [6.07, 6.45) is 0.954. The first-order valence-corrected chi connectivity index (χ1v) is 6.24. The van der Waals surface area contributed by atoms with Gasteiger partial charge in [-0.1, -0.05) is 29.8 Å². The number of hydrogen-bond acceptors (Lipinski definition) is 2. The van der Waals surface area contributed by atoms with Gasteiger partial charge >= 0.3 is 0 Å². The third-order valence-corrected chi connectivity index (χ3v) is 3.47. The highest BCUT2D eigenvalue weighted by molar-refractivity contribution is 6.29. The molecule has 0 aliphatic carbocycles. The number of rotatable bonds is 2. The predicted molar refractivity (Wildman–Crippen MR) is 74.0 cm³/mol. The molecule has 1 unspecified atom stereocenters. The number of hydrogen-bond donors (Lipinski definition) is 1. The second kappa shape index (κ2) is 5.09. The maximum Gasteiger partial charge on any atom is 0.129 e. The third-order valence-electron chi connectivity index (χ3n) is 3.24. The zero-order chi connectivity index (χ0) is 13.3. The van der Waals surface area contributed by atoms with Crippen molar-refractivity contribution in [1.82, 2.24) is 4.98 Å². The van der Waals surface area contributed by atoms with Gasteiger partial charge in [0.25, 0.3) is 0 Å². The Hall–Kier alpha value is -1.38. The van der Waals surface area contributed by atoms with Gasteiger partial charge in [0.05, 0.1) is 0 Å². The molecule has 1 aromatic heterocycles. The molecule has 2 rings (SSSR count). The molecule has 0 bridgehead atoms. The molecule has 2 aromatic rings. The Labute approximate surface area is 112 Å². The molecule has 0 fully saturated rings. The summed E-state index contributed by atoms with van der Waals surface area (Å²) in [6, 6.07) is 7.62. The van der Waals surface area contributed by atoms with Crippen molar-refractivity contribution in [2.75, 3.05) is 0 Å². The maximum atomic E-state index is 10.4. The zero-order valence-corrected chi connectivity index (χ0v) is 11.5. The molecular formula is C15H16ClNO. The van der Waals surface area contributed by atoms with Crippen LogP contribution in [0.15, 0.2) is 30.5 Å². The van der Waals surface area contributed by atoms with Crippen LogP contribution < -0.4 is 0 Å². The van der Waals surface area contributed by atoms with Crippen LogP contribution in [0.1, 0.15) is 33.9 Å². The van der Waals surface area contributed by atoms with Crippen LogP contribution >= 0.6 is 11.6 Å². The fourth-order valence-corrected chi connectivity index (χ4v) is 2.12. The molecule has 18 heavy (non-hydrogen) atoms. The predicted octanol–water partition coefficient (Wildman–Crippen LogP) is 3.74. The molecule has 1 heterocycles. The number of nitrogens with zero attached hydrogens (tertiary/aromatic N) is 1. The molecule has 1 atom stereocenters. The molecule has 0 saturated carbocycles. The van der Waals surface area contributed by atoms with Crippen molar-refractivity contribution < 1.29 is 5.11 Å². The van der Waals surface area contributed by atoms with Crippen molar-refractivity contribution in [2.45, 2.75) is 26.9 Å². The van der Waals surface area contributed by atoms with Crippen LogP contribution in [-0.4, -0.2) is 10.1 Å². The van der Waals surface area contributed by atoms with Gasteiger partial charge in [-0.3, -0.25) is 0 Å². The maximum absolute atomic E-state index is 10.4. The van der Waals surface area contributed by atoms with E-state index in [9.17, 15) is 5.11 Å². The van der Waals surface area contributed by atoms with Crippen molar-refractivity contribution in [2.24, 2.45) is 0 Å². The van der Waals surface area contributed by atoms with Crippen LogP contribution in [0.3, 0.4) is 0 Å². The van der Waals surface area contributed by atoms with E-state index in [0.29, 0.717) is 5.15 Å². The highest BCUT2D eigenvalue weighted by atomic mass is 35.5. The minimum absolute atomic E-state index is 0.433. The lowest BCUT2D eigenvalue weighted by Gasteiger charge is -2.16. The lowest BCUT2D eigenvalue weighted by Crippen LogP contribution is -2.03. The minimum Gasteiger partial charge on any atom is -0.384 e. The van der Waals surface area contributed by atoms with Crippen molar-refractivity contribution >= 4 is 11.6 Å². The molecule has 3 heteroatoms. The van der Waals surface area contributed by atoms with E-state index in [0.717, 1.165) is 16.7 Å². The van der Waals surface area contributed by atoms with E-state index in [1.807, 2.05) is 19.9 Å². The molecular weight excluding hydrogens is 246 g/mol. The summed E-state index contributed by atoms with van der Waals surface area (Å²) in [5, 5.41) is 10.8. The summed E-state index contributed by atoms with van der Waals surface area (Å²) in [5.74, 6) is 0. The monoisotopic (exact) mass is 261 g/mol. The van der Waals surface area contributed by atoms with Gasteiger partial charge in [-0.05, 0) is 49.1 Å². The van der Waals surface area contributed by atoms with Crippen LogP contribution in [-0.2, 0) is 0 Å². The van der Waals surface area contributed by atoms with Gasteiger partial charge in [-0.25, -0.2) is 4.98 Å². The second-order valence-electron chi connectivity index (χ2n) is 4.61. The standard InChI is InChI=1S/C15H16ClNO/c1-9-6-11(3)13(7-10(9)2)15(18)12-4-5-14(16)17-8-12/h4-8,15,18H,1-3H3. The van der Waals surface area contributed by atoms with Gasteiger partial charge < -0.3 is 5.11 Å². The van der Waals surface area contributed by atoms with E-state index in [1.165, 1.54) is 11.1 Å². The fraction of sp³-hybridized carbons (Fsp3) is 0.267. The van der Waals surface area contributed by atoms with E-state index >= 15 is 0 Å². The van der Waals surface area contributed by atoms with Crippen LogP contribution in [0.5, 0.6) is 0 Å². The topological polar surface area (TPSA) is 33.1 Å². The first kappa shape index (κ1) is 13.1. The Morgan fingerprint density at radius 2 is 1.72 bits per heavy atom. The van der Waals surface area contributed by atoms with E-state index < -0.39 is 6.10 Å². The summed E-state index contributed by atoms with van der Waals surface area (Å²) in [6.45, 7) is 6.13. The Morgan fingerprint density at radius 1 is 1.06 bits per heavy atom. The van der Waals surface area contributed by atoms with Crippen molar-refractivity contribution in [3.05, 3.63) is 63.4 Å². The Balaban J connectivity index is 2.42. The summed E-state index contributed by atoms with van der Waals surface area (Å²) < 4.78 is 0. The molecule has 0 amide bonds. The SMILES string of the molecule is Cc1cc(C)c(C(O)c2ccc(Cl)nc2)cc1C. The number of aromatic nitrogens is 1. The molecule has 1 N–H and O–H groups in total. The normalized spacial score (nSPS) is 12.5. The summed E-state index contributed by atoms with van der Waals surface area (Å²) in [4.78, 5) is 4.00. The zero-order valence-electron chi connectivity index (χ0n) is 10.7. The largest absolute Gasteiger partial charge is 0.384 e. The van der Waals surface area contributed by atoms with Gasteiger partial charge in [0.2, 0.25) is 0 Å². The smallest absolute Gasteiger partial charge is 0.129 e. The average molecular weight is 262 g/mol. The van der Waals surface area contributed by atoms with Gasteiger partial charge in [-0.2, -0.15) is 0 Å². The molecule has 1 aromatic carbocycles. The van der Waals surface area contributed by atoms with Crippen LogP contribution in [0, 0.1) is 20.8 Å². The number of pyridine rings is 1. The van der Waals surface area contributed by atoms with E-state index in [1.54, 1.807) is 18.3 Å². The number of aryl methyl sites for hydroxylation is 3. The number of aliphatic hydroxyl groups excluding tert-OH is 1. The van der Waals surface area contributed by atoms with E-state index in [-0.39, 0.29) is 0 Å². The molecule has 94 valence electrons. The third kappa shape index (κ3) is 2.55. The van der Waals surface area contributed by atoms with Gasteiger partial charge in [0.1, 0.15) is 11.3 Å². The van der Waals surface area contributed by atoms with Crippen LogP contribution in [0.4, 0.5) is 0 Å². The summed E-state index contributed by atoms with van der Waals surface area (Å²) in [7, 11) is 0. The Morgan fingerprint density at radius 3 is 2.33 bits per heavy atom. The number of benzene rings is 1. The van der Waals surface area contributed by atoms with Gasteiger partial charge in [-0.15, -0.1) is 0 Å². The highest BCUT2D eigenvalue weighted by Crippen LogP contribution is 2.27. The first-order valence-electron chi connectivity index (χ1n) is 5.86. The van der Waals surface area contributed by atoms with Crippen molar-refractivity contribution in [3.8, 4) is 0 Å². The summed E-state index contributed by atoms with van der Waals surface area (Å²) >= 11 is 5.75. The molecule has 0 saturated heterocycles. The van der Waals surface area contributed by atoms with Crippen LogP contribution in [0.2, 0.25) is 5.15 Å². The minimum atomic E-state index is -0.658. The quantitative estimate of drug-likeness (QED) is 0.836. The Bertz CT molecular complexity index is 563. The fourth-order valence-electron chi connectivity index (χ4n) is 2.01. The average Bonchev–Trinajstić information content (AvgIpc) is 2.34. The summed E-state index contributed by atoms with van der Waals surface area (Å²) in [5.41, 5.74) is 5.17. The lowest BCUT2D eigenvalue weighted by atomic mass is 9.94. The molecule has 2 nitrogen and oxygen atoms in total. The number of halogens is 1. The van der Waals surface area contributed by atoms with Gasteiger partial charge in [0.15, 0.2) is 0 Å². The molecule has 0 radical (unpaired) electrons. The van der Waals surface area contributed by atoms with Gasteiger partial charge in [0, 0.05) is 11.8 Å². The van der Waals surface area contributed by atoms with Crippen LogP contribution in [0.25, 0.3) is 0 Å². The van der Waals surface area contributed by atoms with E-state index in [2.05, 4.69) is 18.0 Å². The molecule has 0 spiro atoms. The van der Waals surface area contributed by atoms with Crippen molar-refractivity contribution in [3.63, 3.8) is 0 Å². The number of aliphatic hydroxyl groups is 1. The first-order chi connectivity index (χ1) is 8.49. The molecule has 0 aliphatic heterocycles. The molecule has 0 aliphatic rings. The second-order valence-corrected chi connectivity index (χ2v) is 5.00. The lowest BCUT2D eigenvalue weighted by molar-refractivity contribution is 0.219. The highest BCUT2D eigenvalue weighted by Gasteiger charge is 2.14. The van der Waals surface area contributed by atoms with Crippen molar-refractivity contribution in [1.29, 1.82) is 0 Å². The Kier molecular flexibility index (Phi) is 3.69. The van der Waals surface area contributed by atoms with E-state index in [4.69, 9.17) is 11.6 Å².